The molecule has 100 valence electrons. The number of hydrogen-bond donors (Lipinski definition) is 2. The molecule has 0 amide bonds. The summed E-state index contributed by atoms with van der Waals surface area (Å²) in [6, 6.07) is 6.76. The summed E-state index contributed by atoms with van der Waals surface area (Å²) >= 11 is 0. The lowest BCUT2D eigenvalue weighted by atomic mass is 10.1. The molecule has 0 aliphatic rings. The lowest BCUT2D eigenvalue weighted by molar-refractivity contribution is 0.0697. The number of benzene rings is 1. The van der Waals surface area contributed by atoms with Crippen molar-refractivity contribution in [1.29, 1.82) is 0 Å². The number of carboxylic acids is 1. The Morgan fingerprint density at radius 3 is 2.74 bits per heavy atom. The molecule has 2 aromatic rings. The van der Waals surface area contributed by atoms with Crippen molar-refractivity contribution in [3.05, 3.63) is 47.4 Å². The SMILES string of the molecule is Cc1occc1CN(C)c1ccc(N)cc1C(=O)O. The summed E-state index contributed by atoms with van der Waals surface area (Å²) in [6.07, 6.45) is 1.62. The monoisotopic (exact) mass is 260 g/mol. The lowest BCUT2D eigenvalue weighted by Crippen LogP contribution is -2.19. The van der Waals surface area contributed by atoms with Crippen LogP contribution in [0.15, 0.2) is 34.9 Å². The van der Waals surface area contributed by atoms with Gasteiger partial charge in [-0.05, 0) is 31.2 Å². The molecule has 5 heteroatoms. The molecule has 0 radical (unpaired) electrons. The van der Waals surface area contributed by atoms with E-state index >= 15 is 0 Å². The van der Waals surface area contributed by atoms with Gasteiger partial charge in [0.25, 0.3) is 0 Å². The van der Waals surface area contributed by atoms with Crippen molar-refractivity contribution in [3.63, 3.8) is 0 Å². The number of hydrogen-bond acceptors (Lipinski definition) is 4. The maximum Gasteiger partial charge on any atom is 0.337 e. The van der Waals surface area contributed by atoms with E-state index in [0.29, 0.717) is 17.9 Å². The van der Waals surface area contributed by atoms with Crippen molar-refractivity contribution in [2.75, 3.05) is 17.7 Å². The van der Waals surface area contributed by atoms with E-state index in [4.69, 9.17) is 10.2 Å². The van der Waals surface area contributed by atoms with Crippen molar-refractivity contribution in [2.45, 2.75) is 13.5 Å². The second kappa shape index (κ2) is 5.06. The third kappa shape index (κ3) is 2.70. The van der Waals surface area contributed by atoms with E-state index in [9.17, 15) is 9.90 Å². The molecule has 1 aromatic carbocycles. The van der Waals surface area contributed by atoms with Crippen LogP contribution in [0.4, 0.5) is 11.4 Å². The molecule has 1 aromatic heterocycles. The number of aryl methyl sites for hydroxylation is 1. The maximum atomic E-state index is 11.2. The molecule has 0 aliphatic heterocycles. The number of carboxylic acid groups (broad SMARTS) is 1. The second-order valence-electron chi connectivity index (χ2n) is 4.44. The Bertz CT molecular complexity index is 604. The average molecular weight is 260 g/mol. The minimum absolute atomic E-state index is 0.198. The molecule has 5 nitrogen and oxygen atoms in total. The highest BCUT2D eigenvalue weighted by Gasteiger charge is 2.15. The van der Waals surface area contributed by atoms with Crippen molar-refractivity contribution in [1.82, 2.24) is 0 Å². The van der Waals surface area contributed by atoms with E-state index in [1.807, 2.05) is 24.9 Å². The first-order valence-electron chi connectivity index (χ1n) is 5.86. The standard InChI is InChI=1S/C14H16N2O3/c1-9-10(5-6-19-9)8-16(2)13-4-3-11(15)7-12(13)14(17)18/h3-7H,8,15H2,1-2H3,(H,17,18). The Balaban J connectivity index is 2.31. The number of rotatable bonds is 4. The van der Waals surface area contributed by atoms with Crippen molar-refractivity contribution in [3.8, 4) is 0 Å². The molecule has 19 heavy (non-hydrogen) atoms. The Hall–Kier alpha value is -2.43. The highest BCUT2D eigenvalue weighted by molar-refractivity contribution is 5.95. The number of nitrogens with zero attached hydrogens (tertiary/aromatic N) is 1. The van der Waals surface area contributed by atoms with E-state index in [1.165, 1.54) is 6.07 Å². The summed E-state index contributed by atoms with van der Waals surface area (Å²) in [7, 11) is 1.84. The van der Waals surface area contributed by atoms with Gasteiger partial charge in [-0.1, -0.05) is 0 Å². The van der Waals surface area contributed by atoms with Crippen LogP contribution in [0.1, 0.15) is 21.7 Å². The second-order valence-corrected chi connectivity index (χ2v) is 4.44. The van der Waals surface area contributed by atoms with Crippen LogP contribution < -0.4 is 10.6 Å². The van der Waals surface area contributed by atoms with E-state index in [1.54, 1.807) is 18.4 Å². The van der Waals surface area contributed by atoms with Gasteiger partial charge in [0.1, 0.15) is 5.76 Å². The van der Waals surface area contributed by atoms with Gasteiger partial charge in [0.15, 0.2) is 0 Å². The summed E-state index contributed by atoms with van der Waals surface area (Å²) in [5, 5.41) is 9.22. The van der Waals surface area contributed by atoms with Gasteiger partial charge in [0.2, 0.25) is 0 Å². The van der Waals surface area contributed by atoms with Gasteiger partial charge in [0.05, 0.1) is 17.5 Å². The molecule has 0 unspecified atom stereocenters. The number of nitrogens with two attached hydrogens (primary N) is 1. The van der Waals surface area contributed by atoms with Crippen LogP contribution in [-0.4, -0.2) is 18.1 Å². The van der Waals surface area contributed by atoms with Crippen molar-refractivity contribution >= 4 is 17.3 Å². The van der Waals surface area contributed by atoms with Gasteiger partial charge in [-0.2, -0.15) is 0 Å². The number of aromatic carboxylic acids is 1. The van der Waals surface area contributed by atoms with Gasteiger partial charge < -0.3 is 20.2 Å². The summed E-state index contributed by atoms with van der Waals surface area (Å²) in [5.74, 6) is -0.155. The fourth-order valence-electron chi connectivity index (χ4n) is 1.97. The molecule has 0 spiro atoms. The minimum atomic E-state index is -0.988. The number of anilines is 2. The van der Waals surface area contributed by atoms with Crippen LogP contribution in [0, 0.1) is 6.92 Å². The first kappa shape index (κ1) is 13.0. The normalized spacial score (nSPS) is 10.4. The Morgan fingerprint density at radius 1 is 1.42 bits per heavy atom. The largest absolute Gasteiger partial charge is 0.478 e. The molecule has 1 heterocycles. The van der Waals surface area contributed by atoms with Crippen LogP contribution in [0.5, 0.6) is 0 Å². The fraction of sp³-hybridized carbons (Fsp3) is 0.214. The smallest absolute Gasteiger partial charge is 0.337 e. The molecule has 2 rings (SSSR count). The topological polar surface area (TPSA) is 79.7 Å². The summed E-state index contributed by atoms with van der Waals surface area (Å²) in [6.45, 7) is 2.46. The Kier molecular flexibility index (Phi) is 3.46. The lowest BCUT2D eigenvalue weighted by Gasteiger charge is -2.21. The predicted octanol–water partition coefficient (Wildman–Crippen LogP) is 2.50. The number of nitrogen functional groups attached to an aromatic ring is 1. The molecule has 0 bridgehead atoms. The van der Waals surface area contributed by atoms with Gasteiger partial charge in [0, 0.05) is 24.8 Å². The zero-order valence-electron chi connectivity index (χ0n) is 10.9. The van der Waals surface area contributed by atoms with Gasteiger partial charge >= 0.3 is 5.97 Å². The molecular weight excluding hydrogens is 244 g/mol. The van der Waals surface area contributed by atoms with E-state index in [0.717, 1.165) is 11.3 Å². The zero-order chi connectivity index (χ0) is 14.0. The molecule has 0 fully saturated rings. The first-order valence-corrected chi connectivity index (χ1v) is 5.86. The predicted molar refractivity (Wildman–Crippen MR) is 73.4 cm³/mol. The molecule has 3 N–H and O–H groups in total. The molecule has 0 saturated carbocycles. The van der Waals surface area contributed by atoms with Gasteiger partial charge in [-0.3, -0.25) is 0 Å². The molecule has 0 aliphatic carbocycles. The van der Waals surface area contributed by atoms with Crippen LogP contribution >= 0.6 is 0 Å². The Labute approximate surface area is 111 Å². The highest BCUT2D eigenvalue weighted by atomic mass is 16.4. The van der Waals surface area contributed by atoms with Crippen LogP contribution in [0.2, 0.25) is 0 Å². The summed E-state index contributed by atoms with van der Waals surface area (Å²) in [5.41, 5.74) is 7.92. The van der Waals surface area contributed by atoms with Crippen LogP contribution in [-0.2, 0) is 6.54 Å². The minimum Gasteiger partial charge on any atom is -0.478 e. The third-order valence-corrected chi connectivity index (χ3v) is 3.04. The average Bonchev–Trinajstić information content (AvgIpc) is 2.74. The molecule has 0 saturated heterocycles. The Morgan fingerprint density at radius 2 is 2.16 bits per heavy atom. The van der Waals surface area contributed by atoms with E-state index in [-0.39, 0.29) is 5.56 Å². The van der Waals surface area contributed by atoms with Crippen LogP contribution in [0.3, 0.4) is 0 Å². The fourth-order valence-corrected chi connectivity index (χ4v) is 1.97. The zero-order valence-corrected chi connectivity index (χ0v) is 10.9. The number of furan rings is 1. The summed E-state index contributed by atoms with van der Waals surface area (Å²) < 4.78 is 5.24. The van der Waals surface area contributed by atoms with E-state index < -0.39 is 5.97 Å². The van der Waals surface area contributed by atoms with E-state index in [2.05, 4.69) is 0 Å². The van der Waals surface area contributed by atoms with Crippen molar-refractivity contribution < 1.29 is 14.3 Å². The first-order chi connectivity index (χ1) is 8.99. The third-order valence-electron chi connectivity index (χ3n) is 3.04. The summed E-state index contributed by atoms with van der Waals surface area (Å²) in [4.78, 5) is 13.1. The quantitative estimate of drug-likeness (QED) is 0.826. The molecular formula is C14H16N2O3. The maximum absolute atomic E-state index is 11.2. The molecule has 0 atom stereocenters. The van der Waals surface area contributed by atoms with Gasteiger partial charge in [-0.15, -0.1) is 0 Å². The highest BCUT2D eigenvalue weighted by Crippen LogP contribution is 2.24. The number of carbonyl (C=O) groups is 1. The van der Waals surface area contributed by atoms with Crippen LogP contribution in [0.25, 0.3) is 0 Å². The van der Waals surface area contributed by atoms with Gasteiger partial charge in [-0.25, -0.2) is 4.79 Å². The van der Waals surface area contributed by atoms with Crippen molar-refractivity contribution in [2.24, 2.45) is 0 Å².